The Balaban J connectivity index is 1.01. The molecule has 0 aromatic heterocycles. The molecule has 2 amide bonds. The van der Waals surface area contributed by atoms with Crippen molar-refractivity contribution in [3.63, 3.8) is 0 Å². The third kappa shape index (κ3) is 11.1. The number of hydrogen-bond donors (Lipinski definition) is 4. The summed E-state index contributed by atoms with van der Waals surface area (Å²) < 4.78 is 0. The fraction of sp³-hybridized carbons (Fsp3) is 0.524. The molecule has 3 aromatic carbocycles. The summed E-state index contributed by atoms with van der Waals surface area (Å²) in [6, 6.07) is 25.8. The van der Waals surface area contributed by atoms with Crippen molar-refractivity contribution in [1.82, 2.24) is 30.6 Å². The minimum atomic E-state index is -0.490. The lowest BCUT2D eigenvalue weighted by molar-refractivity contribution is 0.0290. The van der Waals surface area contributed by atoms with E-state index in [0.29, 0.717) is 41.2 Å². The van der Waals surface area contributed by atoms with E-state index in [-0.39, 0.29) is 0 Å². The van der Waals surface area contributed by atoms with E-state index >= 15 is 0 Å². The normalized spacial score (nSPS) is 22.3. The topological polar surface area (TPSA) is 115 Å². The lowest BCUT2D eigenvalue weighted by atomic mass is 10.0. The fourth-order valence-electron chi connectivity index (χ4n) is 8.23. The summed E-state index contributed by atoms with van der Waals surface area (Å²) in [5.74, 6) is -0.337. The quantitative estimate of drug-likeness (QED) is 0.120. The van der Waals surface area contributed by atoms with Crippen molar-refractivity contribution in [3.05, 3.63) is 101 Å². The highest BCUT2D eigenvalue weighted by atomic mass is 16.5. The highest BCUT2D eigenvalue weighted by Crippen LogP contribution is 2.24. The average Bonchev–Trinajstić information content (AvgIpc) is 3.15. The van der Waals surface area contributed by atoms with Gasteiger partial charge in [-0.2, -0.15) is 0 Å². The first-order valence-electron chi connectivity index (χ1n) is 19.3. The zero-order valence-corrected chi connectivity index (χ0v) is 32.5. The number of carbonyl (C=O) groups is 2. The smallest absolute Gasteiger partial charge is 0.274 e. The van der Waals surface area contributed by atoms with Gasteiger partial charge in [-0.1, -0.05) is 43.3 Å². The van der Waals surface area contributed by atoms with Gasteiger partial charge in [-0.3, -0.25) is 39.6 Å². The third-order valence-electron chi connectivity index (χ3n) is 11.4. The largest absolute Gasteiger partial charge is 0.375 e. The number of nitrogens with one attached hydrogen (secondary N) is 2. The average molecular weight is 728 g/mol. The van der Waals surface area contributed by atoms with E-state index in [1.54, 1.807) is 35.2 Å². The molecular formula is C42H61N7O4. The Bertz CT molecular complexity index is 1580. The Hall–Kier alpha value is -3.84. The van der Waals surface area contributed by atoms with Crippen molar-refractivity contribution in [2.75, 3.05) is 51.2 Å². The molecule has 2 fully saturated rings. The van der Waals surface area contributed by atoms with Crippen molar-refractivity contribution in [1.29, 1.82) is 0 Å². The van der Waals surface area contributed by atoms with Crippen LogP contribution in [0, 0.1) is 5.92 Å². The second-order valence-electron chi connectivity index (χ2n) is 15.7. The van der Waals surface area contributed by atoms with Crippen LogP contribution in [0.5, 0.6) is 0 Å². The van der Waals surface area contributed by atoms with Crippen LogP contribution in [0.1, 0.15) is 84.9 Å². The Labute approximate surface area is 316 Å². The summed E-state index contributed by atoms with van der Waals surface area (Å²) in [7, 11) is 2.21. The standard InChI is InChI=1S/C42H61N7O4/c1-30(20-22-48-31(2)23-46(24-32(48)3)27-35-7-13-38(14-8-35)41(50)43-52)19-21-45(6)40-17-11-36(12-18-40)28-47-25-33(4)49(34(5)26-47)29-37-9-15-39(16-10-37)42(51)44-53/h7-18,30-34,52-53H,19-29H2,1-6H3,(H,43,50)(H,44,51)/t30?,31-,32+,33-,34+. The van der Waals surface area contributed by atoms with Crippen molar-refractivity contribution >= 4 is 17.5 Å². The summed E-state index contributed by atoms with van der Waals surface area (Å²) >= 11 is 0. The van der Waals surface area contributed by atoms with Gasteiger partial charge in [-0.25, -0.2) is 11.0 Å². The Morgan fingerprint density at radius 3 is 1.47 bits per heavy atom. The second kappa shape index (κ2) is 19.0. The van der Waals surface area contributed by atoms with Crippen molar-refractivity contribution in [2.45, 2.75) is 91.3 Å². The van der Waals surface area contributed by atoms with E-state index < -0.39 is 11.8 Å². The fourth-order valence-corrected chi connectivity index (χ4v) is 8.23. The zero-order valence-electron chi connectivity index (χ0n) is 32.5. The first-order chi connectivity index (χ1) is 25.4. The maximum absolute atomic E-state index is 11.7. The van der Waals surface area contributed by atoms with Crippen LogP contribution in [0.15, 0.2) is 72.8 Å². The molecule has 0 saturated carbocycles. The predicted octanol–water partition coefficient (Wildman–Crippen LogP) is 5.47. The highest BCUT2D eigenvalue weighted by Gasteiger charge is 2.30. The number of benzene rings is 3. The lowest BCUT2D eigenvalue weighted by Crippen LogP contribution is -2.56. The highest BCUT2D eigenvalue weighted by molar-refractivity contribution is 5.93. The number of nitrogens with zero attached hydrogens (tertiary/aromatic N) is 5. The molecule has 0 radical (unpaired) electrons. The maximum atomic E-state index is 11.7. The van der Waals surface area contributed by atoms with E-state index in [1.807, 2.05) is 24.3 Å². The molecule has 2 aliphatic heterocycles. The van der Waals surface area contributed by atoms with Crippen molar-refractivity contribution < 1.29 is 20.0 Å². The van der Waals surface area contributed by atoms with Crippen molar-refractivity contribution in [3.8, 4) is 0 Å². The van der Waals surface area contributed by atoms with Crippen LogP contribution in [0.2, 0.25) is 0 Å². The molecule has 11 nitrogen and oxygen atoms in total. The van der Waals surface area contributed by atoms with E-state index in [2.05, 4.69) is 90.4 Å². The summed E-state index contributed by atoms with van der Waals surface area (Å²) in [6.07, 6.45) is 2.35. The molecule has 4 N–H and O–H groups in total. The minimum Gasteiger partial charge on any atom is -0.375 e. The summed E-state index contributed by atoms with van der Waals surface area (Å²) in [6.45, 7) is 20.5. The first-order valence-corrected chi connectivity index (χ1v) is 19.3. The predicted molar refractivity (Wildman–Crippen MR) is 210 cm³/mol. The SMILES string of the molecule is CC(CCN(C)c1ccc(CN2C[C@@H](C)N(Cc3ccc(C(=O)NO)cc3)[C@@H](C)C2)cc1)CCN1[C@H](C)CN(Cc2ccc(C(=O)NO)cc2)C[C@@H]1C. The molecule has 3 aromatic rings. The number of hydrogen-bond acceptors (Lipinski definition) is 9. The lowest BCUT2D eigenvalue weighted by Gasteiger charge is -2.45. The van der Waals surface area contributed by atoms with E-state index in [4.69, 9.17) is 10.4 Å². The molecule has 1 unspecified atom stereocenters. The monoisotopic (exact) mass is 727 g/mol. The van der Waals surface area contributed by atoms with E-state index in [0.717, 1.165) is 70.9 Å². The van der Waals surface area contributed by atoms with Crippen LogP contribution in [0.25, 0.3) is 0 Å². The maximum Gasteiger partial charge on any atom is 0.274 e. The van der Waals surface area contributed by atoms with Gasteiger partial charge in [0.2, 0.25) is 0 Å². The molecule has 0 spiro atoms. The summed E-state index contributed by atoms with van der Waals surface area (Å²) in [4.78, 5) is 36.0. The van der Waals surface area contributed by atoms with E-state index in [1.165, 1.54) is 23.2 Å². The number of piperazine rings is 2. The van der Waals surface area contributed by atoms with Gasteiger partial charge in [-0.15, -0.1) is 0 Å². The van der Waals surface area contributed by atoms with Crippen LogP contribution in [-0.2, 0) is 19.6 Å². The summed E-state index contributed by atoms with van der Waals surface area (Å²) in [5.41, 5.74) is 9.24. The van der Waals surface area contributed by atoms with Gasteiger partial charge in [0, 0.05) is 100 Å². The number of carbonyl (C=O) groups excluding carboxylic acids is 2. The van der Waals surface area contributed by atoms with Gasteiger partial charge < -0.3 is 4.90 Å². The molecule has 2 heterocycles. The molecule has 2 saturated heterocycles. The molecule has 2 aliphatic rings. The van der Waals surface area contributed by atoms with Gasteiger partial charge in [0.25, 0.3) is 11.8 Å². The number of hydroxylamine groups is 2. The first kappa shape index (κ1) is 40.3. The molecule has 11 heteroatoms. The minimum absolute atomic E-state index is 0.406. The van der Waals surface area contributed by atoms with E-state index in [9.17, 15) is 9.59 Å². The number of amides is 2. The van der Waals surface area contributed by atoms with Crippen molar-refractivity contribution in [2.24, 2.45) is 5.92 Å². The van der Waals surface area contributed by atoms with Gasteiger partial charge >= 0.3 is 0 Å². The van der Waals surface area contributed by atoms with Gasteiger partial charge in [0.1, 0.15) is 0 Å². The van der Waals surface area contributed by atoms with Crippen LogP contribution >= 0.6 is 0 Å². The molecule has 288 valence electrons. The summed E-state index contributed by atoms with van der Waals surface area (Å²) in [5, 5.41) is 17.7. The van der Waals surface area contributed by atoms with Crippen LogP contribution in [-0.4, -0.2) is 112 Å². The molecule has 5 rings (SSSR count). The van der Waals surface area contributed by atoms with Gasteiger partial charge in [0.15, 0.2) is 0 Å². The zero-order chi connectivity index (χ0) is 38.1. The molecular weight excluding hydrogens is 667 g/mol. The van der Waals surface area contributed by atoms with Crippen LogP contribution in [0.4, 0.5) is 5.69 Å². The Morgan fingerprint density at radius 2 is 1.04 bits per heavy atom. The van der Waals surface area contributed by atoms with Crippen LogP contribution < -0.4 is 15.9 Å². The van der Waals surface area contributed by atoms with Gasteiger partial charge in [0.05, 0.1) is 0 Å². The van der Waals surface area contributed by atoms with Crippen LogP contribution in [0.3, 0.4) is 0 Å². The molecule has 5 atom stereocenters. The number of anilines is 1. The van der Waals surface area contributed by atoms with Gasteiger partial charge in [-0.05, 0) is 106 Å². The Kier molecular flexibility index (Phi) is 14.4. The molecule has 53 heavy (non-hydrogen) atoms. The number of rotatable bonds is 15. The third-order valence-corrected chi connectivity index (χ3v) is 11.4. The molecule has 0 aliphatic carbocycles. The molecule has 0 bridgehead atoms. The second-order valence-corrected chi connectivity index (χ2v) is 15.7. The Morgan fingerprint density at radius 1 is 0.642 bits per heavy atom.